The third-order valence-corrected chi connectivity index (χ3v) is 5.66. The van der Waals surface area contributed by atoms with Crippen molar-refractivity contribution in [1.29, 1.82) is 0 Å². The Labute approximate surface area is 170 Å². The van der Waals surface area contributed by atoms with Crippen molar-refractivity contribution in [3.8, 4) is 6.01 Å². The van der Waals surface area contributed by atoms with Gasteiger partial charge in [0.15, 0.2) is 11.8 Å². The molecule has 0 saturated carbocycles. The third kappa shape index (κ3) is 3.56. The van der Waals surface area contributed by atoms with Crippen molar-refractivity contribution in [3.05, 3.63) is 52.2 Å². The number of nitrogens with one attached hydrogen (secondary N) is 1. The second-order valence-corrected chi connectivity index (χ2v) is 7.59. The minimum Gasteiger partial charge on any atom is -0.456 e. The number of nitrogens with zero attached hydrogens (tertiary/aromatic N) is 2. The summed E-state index contributed by atoms with van der Waals surface area (Å²) in [7, 11) is 0. The zero-order valence-electron chi connectivity index (χ0n) is 15.3. The molecule has 1 aromatic carbocycles. The monoisotopic (exact) mass is 421 g/mol. The predicted molar refractivity (Wildman–Crippen MR) is 101 cm³/mol. The van der Waals surface area contributed by atoms with Gasteiger partial charge in [-0.15, -0.1) is 0 Å². The molecule has 1 N–H and O–H groups in total. The van der Waals surface area contributed by atoms with E-state index in [0.717, 1.165) is 6.42 Å². The lowest BCUT2D eigenvalue weighted by Crippen LogP contribution is -2.32. The van der Waals surface area contributed by atoms with E-state index in [4.69, 9.17) is 25.8 Å². The van der Waals surface area contributed by atoms with Crippen LogP contribution in [0.25, 0.3) is 11.2 Å². The van der Waals surface area contributed by atoms with E-state index >= 15 is 0 Å². The Bertz CT molecular complexity index is 1040. The Kier molecular flexibility index (Phi) is 4.85. The van der Waals surface area contributed by atoms with Crippen LogP contribution in [0.15, 0.2) is 24.3 Å². The second kappa shape index (κ2) is 7.51. The highest BCUT2D eigenvalue weighted by Gasteiger charge is 2.43. The van der Waals surface area contributed by atoms with Gasteiger partial charge in [0.2, 0.25) is 0 Å². The van der Waals surface area contributed by atoms with Crippen molar-refractivity contribution in [2.45, 2.75) is 37.6 Å². The lowest BCUT2D eigenvalue weighted by molar-refractivity contribution is 0.0273. The molecule has 152 valence electrons. The summed E-state index contributed by atoms with van der Waals surface area (Å²) in [6.45, 7) is 1.11. The molecule has 4 heterocycles. The van der Waals surface area contributed by atoms with Crippen molar-refractivity contribution in [2.24, 2.45) is 0 Å². The topological polar surface area (TPSA) is 69.3 Å². The first-order valence-corrected chi connectivity index (χ1v) is 9.84. The average Bonchev–Trinajstić information content (AvgIpc) is 3.38. The fraction of sp³-hybridized carbons (Fsp3) is 0.400. The molecule has 0 spiro atoms. The number of fused-ring (bicyclic) bond motifs is 2. The van der Waals surface area contributed by atoms with Crippen molar-refractivity contribution < 1.29 is 23.0 Å². The zero-order valence-corrected chi connectivity index (χ0v) is 16.1. The lowest BCUT2D eigenvalue weighted by atomic mass is 10.1. The highest BCUT2D eigenvalue weighted by atomic mass is 35.5. The molecule has 2 saturated heterocycles. The molecule has 0 bridgehead atoms. The van der Waals surface area contributed by atoms with Crippen LogP contribution in [-0.4, -0.2) is 46.5 Å². The number of rotatable bonds is 5. The van der Waals surface area contributed by atoms with Crippen LogP contribution in [0, 0.1) is 11.6 Å². The van der Waals surface area contributed by atoms with Gasteiger partial charge in [-0.2, -0.15) is 4.98 Å². The summed E-state index contributed by atoms with van der Waals surface area (Å²) in [6, 6.07) is 5.81. The maximum Gasteiger partial charge on any atom is 0.296 e. The van der Waals surface area contributed by atoms with Gasteiger partial charge in [-0.05, 0) is 37.5 Å². The van der Waals surface area contributed by atoms with Gasteiger partial charge in [0.1, 0.15) is 17.7 Å². The van der Waals surface area contributed by atoms with E-state index in [0.29, 0.717) is 41.1 Å². The van der Waals surface area contributed by atoms with Crippen LogP contribution in [-0.2, 0) is 22.3 Å². The van der Waals surface area contributed by atoms with Gasteiger partial charge in [-0.25, -0.2) is 13.8 Å². The van der Waals surface area contributed by atoms with Gasteiger partial charge < -0.3 is 19.2 Å². The number of hydrogen-bond acceptors (Lipinski definition) is 5. The number of aryl methyl sites for hydroxylation is 1. The average molecular weight is 422 g/mol. The molecule has 6 nitrogen and oxygen atoms in total. The van der Waals surface area contributed by atoms with E-state index in [1.54, 1.807) is 6.07 Å². The van der Waals surface area contributed by atoms with Crippen LogP contribution in [0.3, 0.4) is 0 Å². The Hall–Kier alpha value is -2.29. The molecule has 2 aliphatic rings. The molecule has 5 rings (SSSR count). The van der Waals surface area contributed by atoms with Gasteiger partial charge in [-0.3, -0.25) is 0 Å². The van der Waals surface area contributed by atoms with E-state index in [-0.39, 0.29) is 36.7 Å². The Morgan fingerprint density at radius 2 is 2.00 bits per heavy atom. The fourth-order valence-corrected chi connectivity index (χ4v) is 4.10. The highest BCUT2D eigenvalue weighted by molar-refractivity contribution is 6.31. The number of aromatic nitrogens is 3. The summed E-state index contributed by atoms with van der Waals surface area (Å²) in [5.74, 6) is -1.16. The molecule has 2 fully saturated rings. The second-order valence-electron chi connectivity index (χ2n) is 7.18. The normalized spacial score (nSPS) is 23.6. The third-order valence-electron chi connectivity index (χ3n) is 5.33. The highest BCUT2D eigenvalue weighted by Crippen LogP contribution is 2.30. The maximum absolute atomic E-state index is 13.8. The van der Waals surface area contributed by atoms with Crippen LogP contribution in [0.5, 0.6) is 6.01 Å². The molecule has 2 aromatic heterocycles. The molecule has 2 aliphatic heterocycles. The summed E-state index contributed by atoms with van der Waals surface area (Å²) in [6.07, 6.45) is 1.04. The number of aromatic amines is 1. The molecule has 3 aromatic rings. The van der Waals surface area contributed by atoms with Gasteiger partial charge in [0.05, 0.1) is 28.9 Å². The number of ether oxygens (including phenoxy) is 3. The fourth-order valence-electron chi connectivity index (χ4n) is 3.85. The van der Waals surface area contributed by atoms with Crippen LogP contribution >= 0.6 is 11.6 Å². The summed E-state index contributed by atoms with van der Waals surface area (Å²) >= 11 is 6.32. The van der Waals surface area contributed by atoms with E-state index in [2.05, 4.69) is 15.0 Å². The van der Waals surface area contributed by atoms with Crippen LogP contribution < -0.4 is 4.74 Å². The summed E-state index contributed by atoms with van der Waals surface area (Å²) in [5, 5.41) is 0.396. The van der Waals surface area contributed by atoms with E-state index < -0.39 is 11.6 Å². The largest absolute Gasteiger partial charge is 0.456 e. The van der Waals surface area contributed by atoms with Crippen LogP contribution in [0.2, 0.25) is 5.02 Å². The quantitative estimate of drug-likeness (QED) is 0.681. The van der Waals surface area contributed by atoms with Gasteiger partial charge in [-0.1, -0.05) is 17.7 Å². The van der Waals surface area contributed by atoms with Crippen molar-refractivity contribution >= 4 is 22.8 Å². The van der Waals surface area contributed by atoms with E-state index in [1.165, 1.54) is 18.2 Å². The first-order valence-electron chi connectivity index (χ1n) is 9.46. The molecular weight excluding hydrogens is 404 g/mol. The SMILES string of the molecule is Fc1cccc(F)c1CCc1nc2nc(O[C@@H]3CO[C@@H]4CCO[C@@H]43)[nH]c2cc1Cl. The van der Waals surface area contributed by atoms with Crippen molar-refractivity contribution in [2.75, 3.05) is 13.2 Å². The molecule has 0 unspecified atom stereocenters. The van der Waals surface area contributed by atoms with Crippen molar-refractivity contribution in [3.63, 3.8) is 0 Å². The number of pyridine rings is 1. The summed E-state index contributed by atoms with van der Waals surface area (Å²) in [5.41, 5.74) is 1.58. The first kappa shape index (κ1) is 18.7. The molecule has 3 atom stereocenters. The van der Waals surface area contributed by atoms with Gasteiger partial charge >= 0.3 is 0 Å². The smallest absolute Gasteiger partial charge is 0.296 e. The van der Waals surface area contributed by atoms with Crippen LogP contribution in [0.1, 0.15) is 17.7 Å². The van der Waals surface area contributed by atoms with Crippen LogP contribution in [0.4, 0.5) is 8.78 Å². The Balaban J connectivity index is 1.34. The number of imidazole rings is 1. The summed E-state index contributed by atoms with van der Waals surface area (Å²) in [4.78, 5) is 11.9. The lowest BCUT2D eigenvalue weighted by Gasteiger charge is -2.15. The summed E-state index contributed by atoms with van der Waals surface area (Å²) < 4.78 is 45.0. The van der Waals surface area contributed by atoms with E-state index in [9.17, 15) is 8.78 Å². The molecule has 29 heavy (non-hydrogen) atoms. The number of benzene rings is 1. The van der Waals surface area contributed by atoms with E-state index in [1.807, 2.05) is 0 Å². The number of hydrogen-bond donors (Lipinski definition) is 1. The van der Waals surface area contributed by atoms with Gasteiger partial charge in [0.25, 0.3) is 6.01 Å². The first-order chi connectivity index (χ1) is 14.1. The molecule has 0 aliphatic carbocycles. The molecule has 0 radical (unpaired) electrons. The Morgan fingerprint density at radius 3 is 2.83 bits per heavy atom. The standard InChI is InChI=1S/C20H18ClF2N3O3/c21-11-8-15-19(24-14(11)5-4-10-12(22)2-1-3-13(10)23)26-20(25-15)29-17-9-28-16-6-7-27-18(16)17/h1-3,8,16-18H,4-7,9H2,(H,24,25,26)/t16-,17-,18+/m1/s1. The predicted octanol–water partition coefficient (Wildman–Crippen LogP) is 3.61. The number of H-pyrrole nitrogens is 1. The zero-order chi connectivity index (χ0) is 20.0. The molecule has 0 amide bonds. The minimum absolute atomic E-state index is 0.0175. The van der Waals surface area contributed by atoms with Crippen molar-refractivity contribution in [1.82, 2.24) is 15.0 Å². The van der Waals surface area contributed by atoms with Gasteiger partial charge in [0, 0.05) is 12.2 Å². The molecular formula is C20H18ClF2N3O3. The maximum atomic E-state index is 13.8. The minimum atomic E-state index is -0.580. The molecule has 9 heteroatoms. The Morgan fingerprint density at radius 1 is 1.17 bits per heavy atom. The number of halogens is 3.